The quantitative estimate of drug-likeness (QED) is 0.881. The summed E-state index contributed by atoms with van der Waals surface area (Å²) in [6.45, 7) is 9.53. The molecule has 0 radical (unpaired) electrons. The molecule has 0 saturated carbocycles. The molecule has 1 heterocycles. The van der Waals surface area contributed by atoms with Crippen molar-refractivity contribution in [1.29, 1.82) is 0 Å². The summed E-state index contributed by atoms with van der Waals surface area (Å²) in [7, 11) is 0. The number of benzene rings is 1. The van der Waals surface area contributed by atoms with E-state index in [-0.39, 0.29) is 5.60 Å². The van der Waals surface area contributed by atoms with Crippen molar-refractivity contribution in [3.8, 4) is 5.75 Å². The minimum atomic E-state index is -0.0772. The molecule has 1 atom stereocenters. The Morgan fingerprint density at radius 3 is 2.72 bits per heavy atom. The molecule has 1 unspecified atom stereocenters. The third-order valence-electron chi connectivity index (χ3n) is 3.78. The molecular formula is C16H25NO. The van der Waals surface area contributed by atoms with Crippen LogP contribution in [0.1, 0.15) is 63.5 Å². The van der Waals surface area contributed by atoms with Gasteiger partial charge in [-0.15, -0.1) is 0 Å². The average molecular weight is 247 g/mol. The highest BCUT2D eigenvalue weighted by Gasteiger charge is 2.33. The number of ether oxygens (including phenoxy) is 1. The molecule has 0 bridgehead atoms. The van der Waals surface area contributed by atoms with Crippen molar-refractivity contribution in [3.63, 3.8) is 0 Å². The standard InChI is InChI=1S/C16H25NO/c1-11(2)12-5-6-15-14(9-12)13(7-8-17)10-16(3,4)18-15/h5-6,9,11,13H,7-8,10,17H2,1-4H3. The molecule has 2 rings (SSSR count). The zero-order chi connectivity index (χ0) is 13.3. The van der Waals surface area contributed by atoms with Gasteiger partial charge in [0.2, 0.25) is 0 Å². The van der Waals surface area contributed by atoms with Gasteiger partial charge in [0.25, 0.3) is 0 Å². The number of nitrogens with two attached hydrogens (primary N) is 1. The molecule has 2 N–H and O–H groups in total. The number of rotatable bonds is 3. The lowest BCUT2D eigenvalue weighted by molar-refractivity contribution is 0.0708. The van der Waals surface area contributed by atoms with E-state index in [4.69, 9.17) is 10.5 Å². The van der Waals surface area contributed by atoms with E-state index in [0.29, 0.717) is 11.8 Å². The molecule has 0 fully saturated rings. The van der Waals surface area contributed by atoms with E-state index in [1.165, 1.54) is 11.1 Å². The van der Waals surface area contributed by atoms with Crippen LogP contribution in [0.3, 0.4) is 0 Å². The van der Waals surface area contributed by atoms with Crippen LogP contribution in [0, 0.1) is 0 Å². The fraction of sp³-hybridized carbons (Fsp3) is 0.625. The zero-order valence-corrected chi connectivity index (χ0v) is 12.0. The minimum absolute atomic E-state index is 0.0772. The maximum Gasteiger partial charge on any atom is 0.123 e. The van der Waals surface area contributed by atoms with Crippen LogP contribution in [0.15, 0.2) is 18.2 Å². The van der Waals surface area contributed by atoms with Gasteiger partial charge < -0.3 is 10.5 Å². The smallest absolute Gasteiger partial charge is 0.123 e. The predicted molar refractivity (Wildman–Crippen MR) is 76.3 cm³/mol. The van der Waals surface area contributed by atoms with Crippen molar-refractivity contribution in [3.05, 3.63) is 29.3 Å². The normalized spacial score (nSPS) is 21.6. The maximum atomic E-state index is 6.09. The third kappa shape index (κ3) is 2.69. The first-order chi connectivity index (χ1) is 8.43. The predicted octanol–water partition coefficient (Wildman–Crippen LogP) is 3.80. The van der Waals surface area contributed by atoms with Gasteiger partial charge in [0.15, 0.2) is 0 Å². The number of hydrogen-bond acceptors (Lipinski definition) is 2. The summed E-state index contributed by atoms with van der Waals surface area (Å²) in [6.07, 6.45) is 2.10. The molecule has 18 heavy (non-hydrogen) atoms. The topological polar surface area (TPSA) is 35.2 Å². The summed E-state index contributed by atoms with van der Waals surface area (Å²) < 4.78 is 6.09. The van der Waals surface area contributed by atoms with Crippen LogP contribution in [0.25, 0.3) is 0 Å². The van der Waals surface area contributed by atoms with Gasteiger partial charge in [-0.2, -0.15) is 0 Å². The monoisotopic (exact) mass is 247 g/mol. The van der Waals surface area contributed by atoms with Crippen LogP contribution < -0.4 is 10.5 Å². The van der Waals surface area contributed by atoms with E-state index in [0.717, 1.165) is 25.1 Å². The Kier molecular flexibility index (Phi) is 3.67. The van der Waals surface area contributed by atoms with E-state index < -0.39 is 0 Å². The molecule has 2 nitrogen and oxygen atoms in total. The van der Waals surface area contributed by atoms with Crippen molar-refractivity contribution in [1.82, 2.24) is 0 Å². The van der Waals surface area contributed by atoms with Gasteiger partial charge in [-0.3, -0.25) is 0 Å². The molecule has 0 spiro atoms. The first-order valence-corrected chi connectivity index (χ1v) is 6.96. The highest BCUT2D eigenvalue weighted by atomic mass is 16.5. The second-order valence-corrected chi connectivity index (χ2v) is 6.29. The lowest BCUT2D eigenvalue weighted by atomic mass is 9.81. The van der Waals surface area contributed by atoms with Gasteiger partial charge in [-0.05, 0) is 62.3 Å². The van der Waals surface area contributed by atoms with E-state index in [9.17, 15) is 0 Å². The molecule has 1 aliphatic heterocycles. The van der Waals surface area contributed by atoms with Crippen LogP contribution in [0.4, 0.5) is 0 Å². The van der Waals surface area contributed by atoms with Gasteiger partial charge in [-0.25, -0.2) is 0 Å². The van der Waals surface area contributed by atoms with Crippen molar-refractivity contribution in [2.75, 3.05) is 6.54 Å². The van der Waals surface area contributed by atoms with Crippen LogP contribution in [-0.4, -0.2) is 12.1 Å². The van der Waals surface area contributed by atoms with Crippen LogP contribution in [0.5, 0.6) is 5.75 Å². The Bertz CT molecular complexity index is 423. The molecule has 1 aliphatic rings. The average Bonchev–Trinajstić information content (AvgIpc) is 2.27. The van der Waals surface area contributed by atoms with Crippen molar-refractivity contribution < 1.29 is 4.74 Å². The fourth-order valence-corrected chi connectivity index (χ4v) is 2.84. The Morgan fingerprint density at radius 1 is 1.39 bits per heavy atom. The molecule has 0 aliphatic carbocycles. The molecule has 0 aromatic heterocycles. The molecule has 1 aromatic carbocycles. The number of hydrogen-bond donors (Lipinski definition) is 1. The SMILES string of the molecule is CC(C)c1ccc2c(c1)C(CCN)CC(C)(C)O2. The Morgan fingerprint density at radius 2 is 2.11 bits per heavy atom. The maximum absolute atomic E-state index is 6.09. The third-order valence-corrected chi connectivity index (χ3v) is 3.78. The molecule has 1 aromatic rings. The molecule has 2 heteroatoms. The van der Waals surface area contributed by atoms with Gasteiger partial charge in [0.05, 0.1) is 0 Å². The summed E-state index contributed by atoms with van der Waals surface area (Å²) in [5.74, 6) is 2.14. The number of fused-ring (bicyclic) bond motifs is 1. The van der Waals surface area contributed by atoms with E-state index in [1.807, 2.05) is 0 Å². The van der Waals surface area contributed by atoms with Crippen molar-refractivity contribution >= 4 is 0 Å². The Balaban J connectivity index is 2.40. The second-order valence-electron chi connectivity index (χ2n) is 6.29. The summed E-state index contributed by atoms with van der Waals surface area (Å²) in [6, 6.07) is 6.63. The summed E-state index contributed by atoms with van der Waals surface area (Å²) in [5.41, 5.74) is 8.43. The molecule has 0 amide bonds. The van der Waals surface area contributed by atoms with Crippen molar-refractivity contribution in [2.45, 2.75) is 58.0 Å². The molecule has 0 saturated heterocycles. The lowest BCUT2D eigenvalue weighted by Gasteiger charge is -2.38. The minimum Gasteiger partial charge on any atom is -0.488 e. The molecular weight excluding hydrogens is 222 g/mol. The van der Waals surface area contributed by atoms with Gasteiger partial charge >= 0.3 is 0 Å². The van der Waals surface area contributed by atoms with Gasteiger partial charge in [0.1, 0.15) is 11.4 Å². The van der Waals surface area contributed by atoms with Crippen LogP contribution in [-0.2, 0) is 0 Å². The first kappa shape index (κ1) is 13.4. The molecule has 100 valence electrons. The van der Waals surface area contributed by atoms with Crippen LogP contribution >= 0.6 is 0 Å². The fourth-order valence-electron chi connectivity index (χ4n) is 2.84. The summed E-state index contributed by atoms with van der Waals surface area (Å²) in [4.78, 5) is 0. The van der Waals surface area contributed by atoms with Gasteiger partial charge in [-0.1, -0.05) is 26.0 Å². The van der Waals surface area contributed by atoms with E-state index in [1.54, 1.807) is 0 Å². The Labute approximate surface area is 111 Å². The second kappa shape index (κ2) is 4.93. The first-order valence-electron chi connectivity index (χ1n) is 6.96. The largest absolute Gasteiger partial charge is 0.488 e. The van der Waals surface area contributed by atoms with E-state index in [2.05, 4.69) is 45.9 Å². The van der Waals surface area contributed by atoms with E-state index >= 15 is 0 Å². The summed E-state index contributed by atoms with van der Waals surface area (Å²) in [5, 5.41) is 0. The van der Waals surface area contributed by atoms with Gasteiger partial charge in [0, 0.05) is 0 Å². The summed E-state index contributed by atoms with van der Waals surface area (Å²) >= 11 is 0. The Hall–Kier alpha value is -1.02. The highest BCUT2D eigenvalue weighted by Crippen LogP contribution is 2.43. The highest BCUT2D eigenvalue weighted by molar-refractivity contribution is 5.43. The van der Waals surface area contributed by atoms with Crippen molar-refractivity contribution in [2.24, 2.45) is 5.73 Å². The van der Waals surface area contributed by atoms with Crippen LogP contribution in [0.2, 0.25) is 0 Å². The lowest BCUT2D eigenvalue weighted by Crippen LogP contribution is -2.35. The zero-order valence-electron chi connectivity index (χ0n) is 12.0.